The van der Waals surface area contributed by atoms with Crippen molar-refractivity contribution >= 4 is 11.3 Å². The second-order valence-corrected chi connectivity index (χ2v) is 5.22. The lowest BCUT2D eigenvalue weighted by atomic mass is 10.2. The molecule has 19 heavy (non-hydrogen) atoms. The van der Waals surface area contributed by atoms with Crippen molar-refractivity contribution in [1.29, 1.82) is 0 Å². The molecule has 100 valence electrons. The van der Waals surface area contributed by atoms with Crippen molar-refractivity contribution in [3.05, 3.63) is 46.2 Å². The van der Waals surface area contributed by atoms with Gasteiger partial charge in [-0.3, -0.25) is 0 Å². The van der Waals surface area contributed by atoms with Crippen LogP contribution in [-0.2, 0) is 11.3 Å². The lowest BCUT2D eigenvalue weighted by Crippen LogP contribution is -2.14. The van der Waals surface area contributed by atoms with Gasteiger partial charge in [0.2, 0.25) is 6.79 Å². The van der Waals surface area contributed by atoms with E-state index in [1.54, 1.807) is 11.3 Å². The van der Waals surface area contributed by atoms with E-state index in [0.717, 1.165) is 21.9 Å². The van der Waals surface area contributed by atoms with E-state index in [-0.39, 0.29) is 6.10 Å². The summed E-state index contributed by atoms with van der Waals surface area (Å²) in [6, 6.07) is 9.89. The number of thiophene rings is 1. The summed E-state index contributed by atoms with van der Waals surface area (Å²) in [7, 11) is 0. The van der Waals surface area contributed by atoms with Crippen LogP contribution in [0.1, 0.15) is 16.5 Å². The molecule has 5 heteroatoms. The van der Waals surface area contributed by atoms with Gasteiger partial charge >= 0.3 is 0 Å². The van der Waals surface area contributed by atoms with Crippen LogP contribution in [0, 0.1) is 0 Å². The van der Waals surface area contributed by atoms with Crippen LogP contribution < -0.4 is 15.2 Å². The van der Waals surface area contributed by atoms with Crippen molar-refractivity contribution in [2.24, 2.45) is 5.73 Å². The molecule has 1 aromatic carbocycles. The van der Waals surface area contributed by atoms with E-state index >= 15 is 0 Å². The first kappa shape index (κ1) is 12.5. The van der Waals surface area contributed by atoms with Crippen LogP contribution >= 0.6 is 11.3 Å². The van der Waals surface area contributed by atoms with Crippen molar-refractivity contribution in [2.75, 3.05) is 13.3 Å². The number of fused-ring (bicyclic) bond motifs is 1. The third-order valence-corrected chi connectivity index (χ3v) is 3.93. The van der Waals surface area contributed by atoms with E-state index in [2.05, 4.69) is 0 Å². The number of hydrogen-bond acceptors (Lipinski definition) is 5. The Hall–Kier alpha value is -1.56. The van der Waals surface area contributed by atoms with Crippen molar-refractivity contribution in [1.82, 2.24) is 0 Å². The summed E-state index contributed by atoms with van der Waals surface area (Å²) in [6.45, 7) is 1.28. The summed E-state index contributed by atoms with van der Waals surface area (Å²) >= 11 is 1.66. The van der Waals surface area contributed by atoms with Gasteiger partial charge in [0.25, 0.3) is 0 Å². The molecule has 3 rings (SSSR count). The molecule has 2 heterocycles. The highest BCUT2D eigenvalue weighted by atomic mass is 32.1. The summed E-state index contributed by atoms with van der Waals surface area (Å²) in [5, 5.41) is 2.03. The van der Waals surface area contributed by atoms with E-state index in [1.807, 2.05) is 35.7 Å². The molecular weight excluding hydrogens is 262 g/mol. The van der Waals surface area contributed by atoms with Crippen LogP contribution in [0.25, 0.3) is 0 Å². The van der Waals surface area contributed by atoms with Crippen LogP contribution in [0.15, 0.2) is 35.7 Å². The predicted octanol–water partition coefficient (Wildman–Crippen LogP) is 2.69. The standard InChI is InChI=1S/C14H15NO3S/c15-7-13(14-2-1-5-19-14)16-8-10-3-4-11-12(6-10)18-9-17-11/h1-6,13H,7-9,15H2. The number of nitrogens with two attached hydrogens (primary N) is 1. The fourth-order valence-electron chi connectivity index (χ4n) is 1.97. The van der Waals surface area contributed by atoms with E-state index < -0.39 is 0 Å². The van der Waals surface area contributed by atoms with Crippen molar-refractivity contribution < 1.29 is 14.2 Å². The first-order valence-electron chi connectivity index (χ1n) is 6.10. The van der Waals surface area contributed by atoms with Gasteiger partial charge in [-0.15, -0.1) is 11.3 Å². The minimum Gasteiger partial charge on any atom is -0.454 e. The first-order chi connectivity index (χ1) is 9.36. The van der Waals surface area contributed by atoms with Gasteiger partial charge < -0.3 is 19.9 Å². The Kier molecular flexibility index (Phi) is 3.68. The van der Waals surface area contributed by atoms with Crippen LogP contribution in [-0.4, -0.2) is 13.3 Å². The number of rotatable bonds is 5. The van der Waals surface area contributed by atoms with E-state index in [4.69, 9.17) is 19.9 Å². The minimum atomic E-state index is -0.0505. The average molecular weight is 277 g/mol. The lowest BCUT2D eigenvalue weighted by Gasteiger charge is -2.14. The molecule has 0 amide bonds. The van der Waals surface area contributed by atoms with Gasteiger partial charge in [0.15, 0.2) is 11.5 Å². The topological polar surface area (TPSA) is 53.7 Å². The Labute approximate surface area is 115 Å². The molecule has 1 unspecified atom stereocenters. The molecule has 1 aliphatic heterocycles. The molecule has 0 bridgehead atoms. The molecule has 1 atom stereocenters. The Bertz CT molecular complexity index is 542. The zero-order valence-corrected chi connectivity index (χ0v) is 11.2. The molecule has 0 spiro atoms. The second-order valence-electron chi connectivity index (χ2n) is 4.24. The number of ether oxygens (including phenoxy) is 3. The van der Waals surface area contributed by atoms with Gasteiger partial charge in [0.05, 0.1) is 6.61 Å². The Balaban J connectivity index is 1.65. The summed E-state index contributed by atoms with van der Waals surface area (Å²) in [4.78, 5) is 1.16. The zero-order valence-electron chi connectivity index (χ0n) is 10.4. The molecule has 2 aromatic rings. The third kappa shape index (κ3) is 2.73. The number of hydrogen-bond donors (Lipinski definition) is 1. The maximum atomic E-state index is 5.87. The fourth-order valence-corrected chi connectivity index (χ4v) is 2.76. The largest absolute Gasteiger partial charge is 0.454 e. The quantitative estimate of drug-likeness (QED) is 0.913. The zero-order chi connectivity index (χ0) is 13.1. The first-order valence-corrected chi connectivity index (χ1v) is 6.98. The van der Waals surface area contributed by atoms with Crippen LogP contribution in [0.5, 0.6) is 11.5 Å². The third-order valence-electron chi connectivity index (χ3n) is 2.96. The molecule has 0 radical (unpaired) electrons. The molecule has 1 aliphatic rings. The fraction of sp³-hybridized carbons (Fsp3) is 0.286. The molecule has 0 aliphatic carbocycles. The average Bonchev–Trinajstić information content (AvgIpc) is 3.10. The molecule has 2 N–H and O–H groups in total. The molecule has 1 aromatic heterocycles. The van der Waals surface area contributed by atoms with E-state index in [0.29, 0.717) is 19.9 Å². The molecule has 0 fully saturated rings. The lowest BCUT2D eigenvalue weighted by molar-refractivity contribution is 0.0479. The SMILES string of the molecule is NCC(OCc1ccc2c(c1)OCO2)c1cccs1. The Morgan fingerprint density at radius 3 is 2.95 bits per heavy atom. The normalized spacial score (nSPS) is 14.6. The van der Waals surface area contributed by atoms with E-state index in [1.165, 1.54) is 0 Å². The van der Waals surface area contributed by atoms with Crippen LogP contribution in [0.2, 0.25) is 0 Å². The van der Waals surface area contributed by atoms with Gasteiger partial charge in [-0.25, -0.2) is 0 Å². The monoisotopic (exact) mass is 277 g/mol. The van der Waals surface area contributed by atoms with Crippen molar-refractivity contribution in [2.45, 2.75) is 12.7 Å². The number of benzene rings is 1. The maximum Gasteiger partial charge on any atom is 0.231 e. The Morgan fingerprint density at radius 1 is 1.26 bits per heavy atom. The van der Waals surface area contributed by atoms with Gasteiger partial charge in [-0.2, -0.15) is 0 Å². The smallest absolute Gasteiger partial charge is 0.231 e. The second kappa shape index (κ2) is 5.61. The molecule has 4 nitrogen and oxygen atoms in total. The summed E-state index contributed by atoms with van der Waals surface area (Å²) in [5.41, 5.74) is 6.81. The van der Waals surface area contributed by atoms with E-state index in [9.17, 15) is 0 Å². The van der Waals surface area contributed by atoms with Gasteiger partial charge in [-0.05, 0) is 29.1 Å². The van der Waals surface area contributed by atoms with Crippen LogP contribution in [0.3, 0.4) is 0 Å². The molecule has 0 saturated heterocycles. The highest BCUT2D eigenvalue weighted by Crippen LogP contribution is 2.33. The van der Waals surface area contributed by atoms with Gasteiger partial charge in [0, 0.05) is 11.4 Å². The highest BCUT2D eigenvalue weighted by molar-refractivity contribution is 7.10. The summed E-state index contributed by atoms with van der Waals surface area (Å²) < 4.78 is 16.5. The minimum absolute atomic E-state index is 0.0505. The Morgan fingerprint density at radius 2 is 2.16 bits per heavy atom. The predicted molar refractivity (Wildman–Crippen MR) is 73.5 cm³/mol. The molecular formula is C14H15NO3S. The van der Waals surface area contributed by atoms with Crippen molar-refractivity contribution in [3.63, 3.8) is 0 Å². The highest BCUT2D eigenvalue weighted by Gasteiger charge is 2.15. The molecule has 0 saturated carbocycles. The van der Waals surface area contributed by atoms with Crippen molar-refractivity contribution in [3.8, 4) is 11.5 Å². The summed E-state index contributed by atoms with van der Waals surface area (Å²) in [5.74, 6) is 1.57. The van der Waals surface area contributed by atoms with Crippen LogP contribution in [0.4, 0.5) is 0 Å². The van der Waals surface area contributed by atoms with Gasteiger partial charge in [0.1, 0.15) is 6.10 Å². The van der Waals surface area contributed by atoms with Gasteiger partial charge in [-0.1, -0.05) is 12.1 Å². The maximum absolute atomic E-state index is 5.87. The summed E-state index contributed by atoms with van der Waals surface area (Å²) in [6.07, 6.45) is -0.0505.